The van der Waals surface area contributed by atoms with Gasteiger partial charge in [0.2, 0.25) is 0 Å². The maximum Gasteiger partial charge on any atom is 1.00 e. The van der Waals surface area contributed by atoms with Crippen molar-refractivity contribution < 1.29 is 75.7 Å². The molecular weight excluding hydrogens is 289 g/mol. The summed E-state index contributed by atoms with van der Waals surface area (Å²) in [6.45, 7) is -1.43. The van der Waals surface area contributed by atoms with Gasteiger partial charge in [-0.25, -0.2) is 4.79 Å². The van der Waals surface area contributed by atoms with E-state index in [0.29, 0.717) is 4.90 Å². The molecule has 0 fully saturated rings. The molecule has 1 unspecified atom stereocenters. The molecule has 5 N–H and O–H groups in total. The van der Waals surface area contributed by atoms with Crippen molar-refractivity contribution >= 4 is 23.9 Å². The maximum absolute atomic E-state index is 10.9. The van der Waals surface area contributed by atoms with Crippen LogP contribution < -0.4 is 29.6 Å². The van der Waals surface area contributed by atoms with E-state index in [1.165, 1.54) is 0 Å². The van der Waals surface area contributed by atoms with Crippen LogP contribution in [0.5, 0.6) is 0 Å². The zero-order valence-electron chi connectivity index (χ0n) is 11.6. The average molecular weight is 303 g/mol. The zero-order chi connectivity index (χ0) is 15.2. The van der Waals surface area contributed by atoms with Crippen LogP contribution in [0, 0.1) is 0 Å². The number of carboxylic acid groups (broad SMARTS) is 4. The van der Waals surface area contributed by atoms with Crippen molar-refractivity contribution in [2.24, 2.45) is 0 Å². The first kappa shape index (κ1) is 21.1. The zero-order valence-corrected chi connectivity index (χ0v) is 12.6. The van der Waals surface area contributed by atoms with Gasteiger partial charge < -0.3 is 27.0 Å². The molecule has 0 saturated carbocycles. The normalized spacial score (nSPS) is 13.1. The van der Waals surface area contributed by atoms with Crippen LogP contribution in [0.25, 0.3) is 0 Å². The average Bonchev–Trinajstić information content (AvgIpc) is 2.24. The van der Waals surface area contributed by atoms with Crippen LogP contribution in [0.3, 0.4) is 0 Å². The van der Waals surface area contributed by atoms with Crippen LogP contribution in [0.1, 0.15) is 7.85 Å². The molecule has 0 aromatic heterocycles. The van der Waals surface area contributed by atoms with Crippen molar-refractivity contribution in [1.29, 1.82) is 0 Å². The molecule has 0 aromatic carbocycles. The number of aliphatic hydroxyl groups is 1. The van der Waals surface area contributed by atoms with Crippen molar-refractivity contribution in [2.75, 3.05) is 13.1 Å². The Bertz CT molecular complexity index is 391. The van der Waals surface area contributed by atoms with Gasteiger partial charge in [0.25, 0.3) is 0 Å². The fraction of sp³-hybridized carbons (Fsp3) is 0.556. The molecule has 0 rings (SSSR count). The van der Waals surface area contributed by atoms with Gasteiger partial charge in [-0.05, 0) is 0 Å². The molecule has 0 bridgehead atoms. The Morgan fingerprint density at radius 2 is 1.45 bits per heavy atom. The predicted molar refractivity (Wildman–Crippen MR) is 57.6 cm³/mol. The van der Waals surface area contributed by atoms with Gasteiger partial charge >= 0.3 is 53.4 Å². The van der Waals surface area contributed by atoms with Crippen LogP contribution >= 0.6 is 0 Å². The molecule has 0 radical (unpaired) electrons. The third-order valence-corrected chi connectivity index (χ3v) is 2.15. The molecule has 0 spiro atoms. The Labute approximate surface area is 136 Å². The standard InChI is InChI=1S/C9H13NO9.Na.H/c11-4(12)1-2-10(3-5(13)14)6(8(16)17)7(15)9(18)19;;/h6-7,15H,1-3H2,(H,11,12)(H,13,14)(H,16,17)(H,18,19);;/q;+1;-1/t6-,7?;;/m0../s1. The van der Waals surface area contributed by atoms with Gasteiger partial charge in [0.1, 0.15) is 6.04 Å². The van der Waals surface area contributed by atoms with E-state index in [1.807, 2.05) is 0 Å². The third kappa shape index (κ3) is 7.40. The molecule has 0 aliphatic heterocycles. The quantitative estimate of drug-likeness (QED) is 0.259. The van der Waals surface area contributed by atoms with E-state index in [1.54, 1.807) is 0 Å². The van der Waals surface area contributed by atoms with Crippen LogP contribution in [0.4, 0.5) is 0 Å². The number of hydrogen-bond donors (Lipinski definition) is 5. The Hall–Kier alpha value is -1.20. The first-order valence-electron chi connectivity index (χ1n) is 4.98. The van der Waals surface area contributed by atoms with E-state index < -0.39 is 55.5 Å². The van der Waals surface area contributed by atoms with Gasteiger partial charge in [-0.3, -0.25) is 19.3 Å². The second kappa shape index (κ2) is 9.66. The molecule has 0 amide bonds. The third-order valence-electron chi connectivity index (χ3n) is 2.15. The molecule has 0 aliphatic carbocycles. The summed E-state index contributed by atoms with van der Waals surface area (Å²) in [5.41, 5.74) is 0. The molecule has 11 heteroatoms. The Balaban J connectivity index is -0.00000162. The van der Waals surface area contributed by atoms with Crippen LogP contribution in [0.2, 0.25) is 0 Å². The molecule has 20 heavy (non-hydrogen) atoms. The summed E-state index contributed by atoms with van der Waals surface area (Å²) in [6.07, 6.45) is -2.96. The summed E-state index contributed by atoms with van der Waals surface area (Å²) in [7, 11) is 0. The van der Waals surface area contributed by atoms with E-state index in [4.69, 9.17) is 20.4 Å². The second-order valence-electron chi connectivity index (χ2n) is 3.57. The second-order valence-corrected chi connectivity index (χ2v) is 3.57. The van der Waals surface area contributed by atoms with Crippen molar-refractivity contribution in [3.05, 3.63) is 0 Å². The number of rotatable bonds is 9. The van der Waals surface area contributed by atoms with Crippen LogP contribution in [-0.4, -0.2) is 79.5 Å². The van der Waals surface area contributed by atoms with Gasteiger partial charge in [0.15, 0.2) is 6.10 Å². The van der Waals surface area contributed by atoms with Gasteiger partial charge in [0, 0.05) is 6.54 Å². The Kier molecular flexibility index (Phi) is 10.2. The maximum atomic E-state index is 10.9. The SMILES string of the molecule is O=C(O)CCN(CC(=O)O)[C@H](C(=O)O)C(O)C(=O)O.[H-].[Na+]. The van der Waals surface area contributed by atoms with Crippen molar-refractivity contribution in [1.82, 2.24) is 4.90 Å². The summed E-state index contributed by atoms with van der Waals surface area (Å²) in [4.78, 5) is 43.0. The van der Waals surface area contributed by atoms with E-state index in [-0.39, 0.29) is 31.0 Å². The molecule has 10 nitrogen and oxygen atoms in total. The minimum Gasteiger partial charge on any atom is -1.00 e. The number of carboxylic acids is 4. The van der Waals surface area contributed by atoms with E-state index in [0.717, 1.165) is 0 Å². The molecule has 0 heterocycles. The molecular formula is C9H14NNaO9. The smallest absolute Gasteiger partial charge is 1.00 e. The minimum absolute atomic E-state index is 0. The number of aliphatic carboxylic acids is 4. The molecule has 110 valence electrons. The van der Waals surface area contributed by atoms with Gasteiger partial charge in [-0.2, -0.15) is 0 Å². The van der Waals surface area contributed by atoms with Gasteiger partial charge in [-0.1, -0.05) is 0 Å². The summed E-state index contributed by atoms with van der Waals surface area (Å²) < 4.78 is 0. The van der Waals surface area contributed by atoms with Crippen molar-refractivity contribution in [2.45, 2.75) is 18.6 Å². The molecule has 2 atom stereocenters. The number of nitrogens with zero attached hydrogens (tertiary/aromatic N) is 1. The summed E-state index contributed by atoms with van der Waals surface area (Å²) in [5, 5.41) is 43.7. The Morgan fingerprint density at radius 1 is 0.950 bits per heavy atom. The van der Waals surface area contributed by atoms with E-state index >= 15 is 0 Å². The molecule has 0 saturated heterocycles. The van der Waals surface area contributed by atoms with Crippen LogP contribution in [-0.2, 0) is 19.2 Å². The fourth-order valence-electron chi connectivity index (χ4n) is 1.36. The van der Waals surface area contributed by atoms with Crippen LogP contribution in [0.15, 0.2) is 0 Å². The summed E-state index contributed by atoms with van der Waals surface area (Å²) in [6, 6.07) is -2.05. The van der Waals surface area contributed by atoms with Crippen molar-refractivity contribution in [3.8, 4) is 0 Å². The first-order chi connectivity index (χ1) is 8.66. The number of hydrogen-bond acceptors (Lipinski definition) is 6. The minimum atomic E-state index is -2.37. The van der Waals surface area contributed by atoms with E-state index in [2.05, 4.69) is 0 Å². The summed E-state index contributed by atoms with van der Waals surface area (Å²) >= 11 is 0. The monoisotopic (exact) mass is 303 g/mol. The largest absolute Gasteiger partial charge is 1.00 e. The van der Waals surface area contributed by atoms with Crippen molar-refractivity contribution in [3.63, 3.8) is 0 Å². The van der Waals surface area contributed by atoms with Gasteiger partial charge in [0.05, 0.1) is 13.0 Å². The van der Waals surface area contributed by atoms with E-state index in [9.17, 15) is 24.3 Å². The topological polar surface area (TPSA) is 173 Å². The predicted octanol–water partition coefficient (Wildman–Crippen LogP) is -5.14. The fourth-order valence-corrected chi connectivity index (χ4v) is 1.36. The molecule has 0 aromatic rings. The summed E-state index contributed by atoms with van der Waals surface area (Å²) in [5.74, 6) is -6.40. The Morgan fingerprint density at radius 3 is 1.75 bits per heavy atom. The molecule has 0 aliphatic rings. The first-order valence-corrected chi connectivity index (χ1v) is 4.98. The van der Waals surface area contributed by atoms with Gasteiger partial charge in [-0.15, -0.1) is 0 Å². The number of carbonyl (C=O) groups is 4. The number of aliphatic hydroxyl groups excluding tert-OH is 1.